The van der Waals surface area contributed by atoms with Crippen molar-refractivity contribution in [1.82, 2.24) is 9.97 Å². The molecule has 1 aromatic rings. The highest BCUT2D eigenvalue weighted by Crippen LogP contribution is 2.17. The van der Waals surface area contributed by atoms with Crippen molar-refractivity contribution in [2.45, 2.75) is 6.54 Å². The Morgan fingerprint density at radius 3 is 3.10 bits per heavy atom. The average Bonchev–Trinajstić information content (AvgIpc) is 2.36. The molecular formula is C6H4ClN3. The largest absolute Gasteiger partial charge is 0.286 e. The van der Waals surface area contributed by atoms with E-state index < -0.39 is 0 Å². The standard InChI is InChI=1S/C6H4ClN3/c7-6-4-1-8-2-5(4)9-3-10-6/h1,3H,2H2. The van der Waals surface area contributed by atoms with E-state index in [4.69, 9.17) is 11.6 Å². The van der Waals surface area contributed by atoms with Crippen molar-refractivity contribution in [3.05, 3.63) is 22.7 Å². The third kappa shape index (κ3) is 0.708. The minimum absolute atomic E-state index is 0.492. The van der Waals surface area contributed by atoms with Crippen molar-refractivity contribution in [2.75, 3.05) is 0 Å². The van der Waals surface area contributed by atoms with E-state index in [0.29, 0.717) is 11.7 Å². The third-order valence-electron chi connectivity index (χ3n) is 1.38. The minimum Gasteiger partial charge on any atom is -0.286 e. The summed E-state index contributed by atoms with van der Waals surface area (Å²) >= 11 is 5.73. The summed E-state index contributed by atoms with van der Waals surface area (Å²) in [5, 5.41) is 0.492. The Morgan fingerprint density at radius 1 is 1.40 bits per heavy atom. The molecule has 0 saturated carbocycles. The van der Waals surface area contributed by atoms with Crippen LogP contribution in [0, 0.1) is 0 Å². The lowest BCUT2D eigenvalue weighted by Crippen LogP contribution is -1.91. The number of aliphatic imine (C=N–C) groups is 1. The normalized spacial score (nSPS) is 13.7. The molecule has 0 unspecified atom stereocenters. The van der Waals surface area contributed by atoms with Gasteiger partial charge in [0.15, 0.2) is 0 Å². The Kier molecular flexibility index (Phi) is 1.17. The van der Waals surface area contributed by atoms with Gasteiger partial charge in [0.05, 0.1) is 17.8 Å². The molecular weight excluding hydrogens is 150 g/mol. The fraction of sp³-hybridized carbons (Fsp3) is 0.167. The Bertz CT molecular complexity index is 295. The van der Waals surface area contributed by atoms with Gasteiger partial charge in [-0.05, 0) is 0 Å². The summed E-state index contributed by atoms with van der Waals surface area (Å²) in [5.74, 6) is 0. The van der Waals surface area contributed by atoms with E-state index in [0.717, 1.165) is 11.3 Å². The molecule has 0 saturated heterocycles. The van der Waals surface area contributed by atoms with Crippen molar-refractivity contribution in [3.8, 4) is 0 Å². The summed E-state index contributed by atoms with van der Waals surface area (Å²) in [6, 6.07) is 0. The van der Waals surface area contributed by atoms with Crippen molar-refractivity contribution < 1.29 is 0 Å². The SMILES string of the molecule is Clc1ncnc2c1C=NC2. The summed E-state index contributed by atoms with van der Waals surface area (Å²) in [4.78, 5) is 11.8. The first-order chi connectivity index (χ1) is 4.88. The van der Waals surface area contributed by atoms with Crippen LogP contribution in [-0.2, 0) is 6.54 Å². The summed E-state index contributed by atoms with van der Waals surface area (Å²) in [5.41, 5.74) is 1.78. The van der Waals surface area contributed by atoms with Gasteiger partial charge in [-0.15, -0.1) is 0 Å². The molecule has 2 heterocycles. The molecule has 10 heavy (non-hydrogen) atoms. The molecule has 3 nitrogen and oxygen atoms in total. The van der Waals surface area contributed by atoms with Crippen LogP contribution in [0.15, 0.2) is 11.3 Å². The van der Waals surface area contributed by atoms with Crippen molar-refractivity contribution in [1.29, 1.82) is 0 Å². The van der Waals surface area contributed by atoms with Gasteiger partial charge < -0.3 is 0 Å². The van der Waals surface area contributed by atoms with Crippen LogP contribution in [0.1, 0.15) is 11.3 Å². The van der Waals surface area contributed by atoms with Crippen LogP contribution in [0.4, 0.5) is 0 Å². The molecule has 0 radical (unpaired) electrons. The van der Waals surface area contributed by atoms with E-state index in [1.807, 2.05) is 0 Å². The van der Waals surface area contributed by atoms with Gasteiger partial charge >= 0.3 is 0 Å². The van der Waals surface area contributed by atoms with Gasteiger partial charge in [-0.25, -0.2) is 9.97 Å². The van der Waals surface area contributed by atoms with Crippen molar-refractivity contribution in [2.24, 2.45) is 4.99 Å². The molecule has 2 rings (SSSR count). The maximum atomic E-state index is 5.73. The number of hydrogen-bond acceptors (Lipinski definition) is 3. The highest BCUT2D eigenvalue weighted by atomic mass is 35.5. The van der Waals surface area contributed by atoms with Gasteiger partial charge in [-0.2, -0.15) is 0 Å². The predicted molar refractivity (Wildman–Crippen MR) is 38.3 cm³/mol. The van der Waals surface area contributed by atoms with Crippen LogP contribution < -0.4 is 0 Å². The van der Waals surface area contributed by atoms with E-state index in [2.05, 4.69) is 15.0 Å². The second kappa shape index (κ2) is 2.02. The fourth-order valence-corrected chi connectivity index (χ4v) is 1.09. The second-order valence-corrected chi connectivity index (χ2v) is 2.35. The molecule has 0 aromatic carbocycles. The molecule has 0 aliphatic carbocycles. The quantitative estimate of drug-likeness (QED) is 0.523. The first kappa shape index (κ1) is 5.80. The maximum Gasteiger partial charge on any atom is 0.141 e. The highest BCUT2D eigenvalue weighted by Gasteiger charge is 2.10. The Hall–Kier alpha value is -0.960. The zero-order valence-electron chi connectivity index (χ0n) is 5.08. The zero-order valence-corrected chi connectivity index (χ0v) is 5.84. The Morgan fingerprint density at radius 2 is 2.30 bits per heavy atom. The van der Waals surface area contributed by atoms with Gasteiger partial charge in [0.2, 0.25) is 0 Å². The first-order valence-corrected chi connectivity index (χ1v) is 3.25. The molecule has 0 amide bonds. The number of rotatable bonds is 0. The topological polar surface area (TPSA) is 38.1 Å². The lowest BCUT2D eigenvalue weighted by molar-refractivity contribution is 0.994. The molecule has 1 aromatic heterocycles. The second-order valence-electron chi connectivity index (χ2n) is 1.99. The van der Waals surface area contributed by atoms with Crippen LogP contribution >= 0.6 is 11.6 Å². The van der Waals surface area contributed by atoms with Gasteiger partial charge in [-0.1, -0.05) is 11.6 Å². The maximum absolute atomic E-state index is 5.73. The smallest absolute Gasteiger partial charge is 0.141 e. The number of nitrogens with zero attached hydrogens (tertiary/aromatic N) is 3. The van der Waals surface area contributed by atoms with Crippen LogP contribution in [0.25, 0.3) is 0 Å². The van der Waals surface area contributed by atoms with Gasteiger partial charge in [0.25, 0.3) is 0 Å². The summed E-state index contributed by atoms with van der Waals surface area (Å²) in [6.45, 7) is 0.636. The lowest BCUT2D eigenvalue weighted by Gasteiger charge is -1.94. The molecule has 1 aliphatic heterocycles. The van der Waals surface area contributed by atoms with Gasteiger partial charge in [0, 0.05) is 6.21 Å². The van der Waals surface area contributed by atoms with Crippen LogP contribution in [0.5, 0.6) is 0 Å². The summed E-state index contributed by atoms with van der Waals surface area (Å²) in [6.07, 6.45) is 3.16. The average molecular weight is 154 g/mol. The van der Waals surface area contributed by atoms with Gasteiger partial charge in [-0.3, -0.25) is 4.99 Å². The van der Waals surface area contributed by atoms with Gasteiger partial charge in [0.1, 0.15) is 11.5 Å². The molecule has 1 aliphatic rings. The van der Waals surface area contributed by atoms with E-state index >= 15 is 0 Å². The highest BCUT2D eigenvalue weighted by molar-refractivity contribution is 6.32. The van der Waals surface area contributed by atoms with Crippen molar-refractivity contribution in [3.63, 3.8) is 0 Å². The molecule has 0 fully saturated rings. The zero-order chi connectivity index (χ0) is 6.97. The fourth-order valence-electron chi connectivity index (χ4n) is 0.885. The minimum atomic E-state index is 0.492. The van der Waals surface area contributed by atoms with E-state index in [-0.39, 0.29) is 0 Å². The summed E-state index contributed by atoms with van der Waals surface area (Å²) < 4.78 is 0. The molecule has 0 atom stereocenters. The number of hydrogen-bond donors (Lipinski definition) is 0. The molecule has 50 valence electrons. The van der Waals surface area contributed by atoms with Crippen LogP contribution in [-0.4, -0.2) is 16.2 Å². The van der Waals surface area contributed by atoms with Crippen LogP contribution in [0.3, 0.4) is 0 Å². The number of halogens is 1. The number of fused-ring (bicyclic) bond motifs is 1. The third-order valence-corrected chi connectivity index (χ3v) is 1.68. The van der Waals surface area contributed by atoms with E-state index in [1.165, 1.54) is 6.33 Å². The Balaban J connectivity index is 2.67. The molecule has 0 spiro atoms. The van der Waals surface area contributed by atoms with Crippen LogP contribution in [0.2, 0.25) is 5.15 Å². The monoisotopic (exact) mass is 153 g/mol. The Labute approximate surface area is 62.8 Å². The molecule has 4 heteroatoms. The lowest BCUT2D eigenvalue weighted by atomic mass is 10.3. The predicted octanol–water partition coefficient (Wildman–Crippen LogP) is 1.06. The van der Waals surface area contributed by atoms with Crippen molar-refractivity contribution >= 4 is 17.8 Å². The summed E-state index contributed by atoms with van der Waals surface area (Å²) in [7, 11) is 0. The molecule has 0 bridgehead atoms. The molecule has 0 N–H and O–H groups in total. The number of aromatic nitrogens is 2. The van der Waals surface area contributed by atoms with E-state index in [9.17, 15) is 0 Å². The first-order valence-electron chi connectivity index (χ1n) is 2.87. The van der Waals surface area contributed by atoms with E-state index in [1.54, 1.807) is 6.21 Å².